The van der Waals surface area contributed by atoms with Crippen LogP contribution in [0.4, 0.5) is 10.5 Å². The van der Waals surface area contributed by atoms with Crippen molar-refractivity contribution in [3.8, 4) is 0 Å². The number of anilines is 1. The predicted molar refractivity (Wildman–Crippen MR) is 169 cm³/mol. The van der Waals surface area contributed by atoms with E-state index in [9.17, 15) is 9.59 Å². The minimum atomic E-state index is -0.0135. The highest BCUT2D eigenvalue weighted by Crippen LogP contribution is 2.37. The van der Waals surface area contributed by atoms with Gasteiger partial charge in [-0.15, -0.1) is 0 Å². The Hall–Kier alpha value is -3.30. The molecule has 1 atom stereocenters. The summed E-state index contributed by atoms with van der Waals surface area (Å²) in [7, 11) is 1.84. The summed E-state index contributed by atoms with van der Waals surface area (Å²) in [5, 5.41) is 0. The quantitative estimate of drug-likeness (QED) is 0.480. The molecule has 0 radical (unpaired) electrons. The third-order valence-corrected chi connectivity index (χ3v) is 8.35. The van der Waals surface area contributed by atoms with Crippen molar-refractivity contribution < 1.29 is 14.3 Å². The van der Waals surface area contributed by atoms with E-state index in [1.54, 1.807) is 11.8 Å². The zero-order chi connectivity index (χ0) is 30.2. The first kappa shape index (κ1) is 31.6. The van der Waals surface area contributed by atoms with Gasteiger partial charge in [-0.2, -0.15) is 0 Å². The third kappa shape index (κ3) is 6.68. The van der Waals surface area contributed by atoms with Gasteiger partial charge in [-0.25, -0.2) is 9.78 Å². The van der Waals surface area contributed by atoms with E-state index in [0.717, 1.165) is 85.5 Å². The lowest BCUT2D eigenvalue weighted by molar-refractivity contribution is -0.129. The number of urea groups is 1. The maximum Gasteiger partial charge on any atom is 0.324 e. The minimum absolute atomic E-state index is 0.0135. The fraction of sp³-hybridized carbons (Fsp3) is 0.576. The first-order valence-electron chi connectivity index (χ1n) is 15.8. The Labute approximate surface area is 251 Å². The second-order valence-electron chi connectivity index (χ2n) is 10.8. The molecule has 0 N–H and O–H groups in total. The monoisotopic (exact) mass is 576 g/mol. The van der Waals surface area contributed by atoms with Crippen molar-refractivity contribution in [2.45, 2.75) is 78.9 Å². The van der Waals surface area contributed by atoms with Crippen molar-refractivity contribution in [1.29, 1.82) is 0 Å². The van der Waals surface area contributed by atoms with Gasteiger partial charge in [-0.3, -0.25) is 19.6 Å². The Kier molecular flexibility index (Phi) is 11.1. The van der Waals surface area contributed by atoms with Crippen LogP contribution in [0.1, 0.15) is 71.6 Å². The number of piperidine rings is 1. The molecular weight excluding hydrogens is 528 g/mol. The Bertz CT molecular complexity index is 1290. The average Bonchev–Trinajstić information content (AvgIpc) is 3.30. The van der Waals surface area contributed by atoms with Crippen LogP contribution in [0.25, 0.3) is 16.6 Å². The highest BCUT2D eigenvalue weighted by molar-refractivity contribution is 6.04. The Morgan fingerprint density at radius 2 is 1.71 bits per heavy atom. The Morgan fingerprint density at radius 3 is 2.40 bits per heavy atom. The molecule has 9 nitrogen and oxygen atoms in total. The number of pyridine rings is 2. The van der Waals surface area contributed by atoms with Crippen LogP contribution in [0, 0.1) is 0 Å². The highest BCUT2D eigenvalue weighted by atomic mass is 16.5. The molecule has 228 valence electrons. The van der Waals surface area contributed by atoms with Crippen molar-refractivity contribution in [3.63, 3.8) is 0 Å². The number of rotatable bonds is 3. The average molecular weight is 577 g/mol. The SMILES string of the molecule is CC.CC.CC(=O)N1CCC(N2C(=O)N(C)Cc3cnc4ccc(C5=CCCC(N6CCOCC6)C=C5)nc4c32)CC1. The van der Waals surface area contributed by atoms with E-state index in [-0.39, 0.29) is 18.0 Å². The normalized spacial score (nSPS) is 21.5. The summed E-state index contributed by atoms with van der Waals surface area (Å²) in [6, 6.07) is 4.48. The van der Waals surface area contributed by atoms with Crippen LogP contribution in [-0.4, -0.2) is 95.1 Å². The molecule has 5 heterocycles. The summed E-state index contributed by atoms with van der Waals surface area (Å²) < 4.78 is 5.54. The first-order valence-corrected chi connectivity index (χ1v) is 15.8. The second-order valence-corrected chi connectivity index (χ2v) is 10.8. The van der Waals surface area contributed by atoms with Gasteiger partial charge in [0.1, 0.15) is 5.52 Å². The van der Waals surface area contributed by atoms with Gasteiger partial charge in [0.15, 0.2) is 0 Å². The fourth-order valence-electron chi connectivity index (χ4n) is 6.21. The number of fused-ring (bicyclic) bond motifs is 3. The number of likely N-dealkylation sites (tertiary alicyclic amines) is 1. The van der Waals surface area contributed by atoms with Crippen LogP contribution in [-0.2, 0) is 16.1 Å². The molecule has 2 aromatic heterocycles. The number of amides is 3. The molecule has 3 aliphatic heterocycles. The second kappa shape index (κ2) is 14.7. The molecule has 0 aromatic carbocycles. The number of hydrogen-bond acceptors (Lipinski definition) is 6. The van der Waals surface area contributed by atoms with E-state index in [1.807, 2.05) is 62.9 Å². The lowest BCUT2D eigenvalue weighted by atomic mass is 9.99. The number of hydrogen-bond donors (Lipinski definition) is 0. The minimum Gasteiger partial charge on any atom is -0.379 e. The third-order valence-electron chi connectivity index (χ3n) is 8.35. The van der Waals surface area contributed by atoms with Crippen molar-refractivity contribution >= 4 is 34.2 Å². The van der Waals surface area contributed by atoms with Gasteiger partial charge in [0.25, 0.3) is 0 Å². The van der Waals surface area contributed by atoms with Gasteiger partial charge >= 0.3 is 6.03 Å². The number of allylic oxidation sites excluding steroid dienone is 3. The van der Waals surface area contributed by atoms with Crippen LogP contribution in [0.5, 0.6) is 0 Å². The van der Waals surface area contributed by atoms with E-state index in [4.69, 9.17) is 14.7 Å². The molecule has 4 aliphatic rings. The molecule has 2 aromatic rings. The van der Waals surface area contributed by atoms with E-state index < -0.39 is 0 Å². The van der Waals surface area contributed by atoms with Gasteiger partial charge in [0.2, 0.25) is 5.91 Å². The molecule has 2 fully saturated rings. The van der Waals surface area contributed by atoms with Gasteiger partial charge in [-0.05, 0) is 43.4 Å². The van der Waals surface area contributed by atoms with E-state index in [1.165, 1.54) is 0 Å². The Morgan fingerprint density at radius 1 is 1.00 bits per heavy atom. The number of morpholine rings is 1. The standard InChI is InChI=1S/C29H36N6O3.2C2H6/c1-20(36)33-12-10-24(11-13-33)35-28-22(19-32(2)29(35)37)18-30-26-9-8-25(31-27(26)28)21-4-3-5-23(7-6-21)34-14-16-38-17-15-34;2*1-2/h4,6-9,18,23-24H,3,5,10-17,19H2,1-2H3;2*1-2H3. The first-order chi connectivity index (χ1) is 20.5. The summed E-state index contributed by atoms with van der Waals surface area (Å²) in [4.78, 5) is 43.4. The largest absolute Gasteiger partial charge is 0.379 e. The maximum atomic E-state index is 13.6. The lowest BCUT2D eigenvalue weighted by Gasteiger charge is -2.43. The van der Waals surface area contributed by atoms with E-state index >= 15 is 0 Å². The van der Waals surface area contributed by atoms with Gasteiger partial charge in [0, 0.05) is 64.0 Å². The van der Waals surface area contributed by atoms with Crippen molar-refractivity contribution in [3.05, 3.63) is 47.8 Å². The maximum absolute atomic E-state index is 13.6. The predicted octanol–water partition coefficient (Wildman–Crippen LogP) is 5.50. The summed E-state index contributed by atoms with van der Waals surface area (Å²) in [6.45, 7) is 15.0. The van der Waals surface area contributed by atoms with Gasteiger partial charge in [-0.1, -0.05) is 45.9 Å². The van der Waals surface area contributed by atoms with Gasteiger partial charge in [0.05, 0.1) is 36.7 Å². The van der Waals surface area contributed by atoms with Crippen LogP contribution in [0.3, 0.4) is 0 Å². The zero-order valence-corrected chi connectivity index (χ0v) is 26.3. The summed E-state index contributed by atoms with van der Waals surface area (Å²) in [5.74, 6) is 0.0903. The van der Waals surface area contributed by atoms with Crippen LogP contribution >= 0.6 is 0 Å². The van der Waals surface area contributed by atoms with Gasteiger partial charge < -0.3 is 14.5 Å². The topological polar surface area (TPSA) is 82.1 Å². The fourth-order valence-corrected chi connectivity index (χ4v) is 6.21. The molecule has 2 saturated heterocycles. The molecular formula is C33H48N6O3. The number of carbonyl (C=O) groups is 2. The molecule has 9 heteroatoms. The number of ether oxygens (including phenoxy) is 1. The molecule has 42 heavy (non-hydrogen) atoms. The summed E-state index contributed by atoms with van der Waals surface area (Å²) in [6.07, 6.45) is 12.2. The zero-order valence-electron chi connectivity index (χ0n) is 26.3. The lowest BCUT2D eigenvalue weighted by Crippen LogP contribution is -2.54. The molecule has 0 spiro atoms. The van der Waals surface area contributed by atoms with Crippen LogP contribution < -0.4 is 4.90 Å². The molecule has 1 aliphatic carbocycles. The molecule has 3 amide bonds. The number of carbonyl (C=O) groups excluding carboxylic acids is 2. The van der Waals surface area contributed by atoms with Crippen LogP contribution in [0.2, 0.25) is 0 Å². The van der Waals surface area contributed by atoms with Crippen molar-refractivity contribution in [2.24, 2.45) is 0 Å². The number of nitrogens with zero attached hydrogens (tertiary/aromatic N) is 6. The molecule has 0 saturated carbocycles. The molecule has 0 bridgehead atoms. The molecule has 1 unspecified atom stereocenters. The van der Waals surface area contributed by atoms with Crippen molar-refractivity contribution in [1.82, 2.24) is 24.7 Å². The highest BCUT2D eigenvalue weighted by Gasteiger charge is 2.37. The summed E-state index contributed by atoms with van der Waals surface area (Å²) >= 11 is 0. The molecule has 6 rings (SSSR count). The summed E-state index contributed by atoms with van der Waals surface area (Å²) in [5.41, 5.74) is 5.48. The van der Waals surface area contributed by atoms with E-state index in [0.29, 0.717) is 25.7 Å². The smallest absolute Gasteiger partial charge is 0.324 e. The van der Waals surface area contributed by atoms with Crippen LogP contribution in [0.15, 0.2) is 36.6 Å². The Balaban J connectivity index is 0.000000972. The van der Waals surface area contributed by atoms with E-state index in [2.05, 4.69) is 23.1 Å². The van der Waals surface area contributed by atoms with Crippen molar-refractivity contribution in [2.75, 3.05) is 51.3 Å². The number of aromatic nitrogens is 2.